The number of urea groups is 1. The van der Waals surface area contributed by atoms with E-state index >= 15 is 0 Å². The number of amidine groups is 1. The molecule has 1 fully saturated rings. The number of likely N-dealkylation sites (N-methyl/N-ethyl adjacent to an activating group) is 1. The minimum absolute atomic E-state index is 0.232. The van der Waals surface area contributed by atoms with Gasteiger partial charge in [-0.05, 0) is 18.9 Å². The minimum atomic E-state index is -0.435. The number of hydrogen-bond donors (Lipinski definition) is 1. The number of carbonyl (C=O) groups is 2. The second-order valence-electron chi connectivity index (χ2n) is 9.33. The van der Waals surface area contributed by atoms with E-state index in [1.54, 1.807) is 23.7 Å². The van der Waals surface area contributed by atoms with Crippen molar-refractivity contribution in [2.24, 2.45) is 4.99 Å². The molecular formula is C26H40N4O2S. The van der Waals surface area contributed by atoms with Gasteiger partial charge in [-0.15, -0.1) is 0 Å². The van der Waals surface area contributed by atoms with Crippen LogP contribution in [0, 0.1) is 6.92 Å². The average molecular weight is 473 g/mol. The fourth-order valence-corrected chi connectivity index (χ4v) is 5.50. The summed E-state index contributed by atoms with van der Waals surface area (Å²) >= 11 is 1.66. The minimum Gasteiger partial charge on any atom is -0.336 e. The zero-order valence-electron chi connectivity index (χ0n) is 20.5. The Kier molecular flexibility index (Phi) is 10.1. The molecule has 2 heterocycles. The SMILES string of the molecule is CCCCCCCCCCCCN1C(SCc2ccc(C)cc2)=NC2C1C(=O)NC(=O)N2C. The van der Waals surface area contributed by atoms with Crippen molar-refractivity contribution in [3.63, 3.8) is 0 Å². The summed E-state index contributed by atoms with van der Waals surface area (Å²) in [6, 6.07) is 7.72. The van der Waals surface area contributed by atoms with Crippen LogP contribution >= 0.6 is 11.8 Å². The van der Waals surface area contributed by atoms with Crippen LogP contribution < -0.4 is 5.32 Å². The highest BCUT2D eigenvalue weighted by Gasteiger charge is 2.48. The van der Waals surface area contributed by atoms with Gasteiger partial charge in [0.15, 0.2) is 17.4 Å². The van der Waals surface area contributed by atoms with E-state index in [0.717, 1.165) is 30.3 Å². The summed E-state index contributed by atoms with van der Waals surface area (Å²) in [6.45, 7) is 5.14. The largest absolute Gasteiger partial charge is 0.336 e. The van der Waals surface area contributed by atoms with E-state index in [0.29, 0.717) is 0 Å². The number of fused-ring (bicyclic) bond motifs is 1. The van der Waals surface area contributed by atoms with Gasteiger partial charge in [-0.2, -0.15) is 0 Å². The maximum atomic E-state index is 12.7. The normalized spacial score (nSPS) is 20.2. The lowest BCUT2D eigenvalue weighted by atomic mass is 10.1. The van der Waals surface area contributed by atoms with Crippen molar-refractivity contribution < 1.29 is 9.59 Å². The number of aliphatic imine (C=N–C) groups is 1. The lowest BCUT2D eigenvalue weighted by Crippen LogP contribution is -2.63. The van der Waals surface area contributed by atoms with E-state index in [9.17, 15) is 9.59 Å². The Morgan fingerprint density at radius 2 is 1.55 bits per heavy atom. The van der Waals surface area contributed by atoms with Crippen LogP contribution in [-0.4, -0.2) is 52.7 Å². The van der Waals surface area contributed by atoms with Gasteiger partial charge in [0.2, 0.25) is 0 Å². The van der Waals surface area contributed by atoms with Crippen LogP contribution in [0.1, 0.15) is 82.3 Å². The third-order valence-electron chi connectivity index (χ3n) is 6.56. The van der Waals surface area contributed by atoms with Crippen molar-refractivity contribution in [3.8, 4) is 0 Å². The second kappa shape index (κ2) is 13.0. The average Bonchev–Trinajstić information content (AvgIpc) is 3.17. The van der Waals surface area contributed by atoms with Gasteiger partial charge in [0.25, 0.3) is 5.91 Å². The summed E-state index contributed by atoms with van der Waals surface area (Å²) < 4.78 is 0. The first kappa shape index (κ1) is 25.6. The molecule has 7 heteroatoms. The molecule has 0 aliphatic carbocycles. The number of benzene rings is 1. The molecule has 3 rings (SSSR count). The number of nitrogens with one attached hydrogen (secondary N) is 1. The van der Waals surface area contributed by atoms with Crippen LogP contribution in [0.3, 0.4) is 0 Å². The van der Waals surface area contributed by atoms with E-state index in [4.69, 9.17) is 4.99 Å². The van der Waals surface area contributed by atoms with E-state index < -0.39 is 12.2 Å². The number of carbonyl (C=O) groups excluding carboxylic acids is 2. The molecular weight excluding hydrogens is 432 g/mol. The number of nitrogens with zero attached hydrogens (tertiary/aromatic N) is 3. The van der Waals surface area contributed by atoms with Crippen molar-refractivity contribution >= 4 is 28.9 Å². The third kappa shape index (κ3) is 7.23. The topological polar surface area (TPSA) is 65.0 Å². The molecule has 2 aliphatic heterocycles. The lowest BCUT2D eigenvalue weighted by Gasteiger charge is -2.36. The van der Waals surface area contributed by atoms with Crippen LogP contribution in [-0.2, 0) is 10.5 Å². The second-order valence-corrected chi connectivity index (χ2v) is 10.3. The van der Waals surface area contributed by atoms with Crippen LogP contribution in [0.4, 0.5) is 4.79 Å². The zero-order valence-corrected chi connectivity index (χ0v) is 21.3. The molecule has 0 saturated carbocycles. The molecule has 182 valence electrons. The Hall–Kier alpha value is -2.02. The van der Waals surface area contributed by atoms with Crippen LogP contribution in [0.5, 0.6) is 0 Å². The number of amides is 3. The highest BCUT2D eigenvalue weighted by Crippen LogP contribution is 2.30. The van der Waals surface area contributed by atoms with Gasteiger partial charge in [0.05, 0.1) is 0 Å². The zero-order chi connectivity index (χ0) is 23.6. The van der Waals surface area contributed by atoms with Gasteiger partial charge in [0, 0.05) is 19.3 Å². The van der Waals surface area contributed by atoms with Crippen molar-refractivity contribution in [3.05, 3.63) is 35.4 Å². The summed E-state index contributed by atoms with van der Waals surface area (Å²) in [4.78, 5) is 33.3. The molecule has 6 nitrogen and oxygen atoms in total. The molecule has 2 aliphatic rings. The fraction of sp³-hybridized carbons (Fsp3) is 0.654. The Labute approximate surface area is 203 Å². The van der Waals surface area contributed by atoms with Gasteiger partial charge < -0.3 is 9.80 Å². The summed E-state index contributed by atoms with van der Waals surface area (Å²) in [5.41, 5.74) is 2.48. The quantitative estimate of drug-likeness (QED) is 0.374. The fourth-order valence-electron chi connectivity index (χ4n) is 4.46. The maximum absolute atomic E-state index is 12.7. The molecule has 1 aromatic rings. The standard InChI is InChI=1S/C26H40N4O2S/c1-4-5-6-7-8-9-10-11-12-13-18-30-22-23(29(3)25(32)28-24(22)31)27-26(30)33-19-21-16-14-20(2)15-17-21/h14-17,22-23H,4-13,18-19H2,1-3H3,(H,28,31,32). The van der Waals surface area contributed by atoms with Gasteiger partial charge in [-0.3, -0.25) is 10.1 Å². The van der Waals surface area contributed by atoms with E-state index in [1.165, 1.54) is 62.5 Å². The van der Waals surface area contributed by atoms with Crippen molar-refractivity contribution in [2.75, 3.05) is 13.6 Å². The van der Waals surface area contributed by atoms with E-state index in [-0.39, 0.29) is 11.9 Å². The Balaban J connectivity index is 1.51. The molecule has 2 atom stereocenters. The van der Waals surface area contributed by atoms with Crippen LogP contribution in [0.25, 0.3) is 0 Å². The van der Waals surface area contributed by atoms with Crippen molar-refractivity contribution in [2.45, 2.75) is 96.0 Å². The number of rotatable bonds is 13. The Bertz CT molecular complexity index is 811. The Morgan fingerprint density at radius 1 is 0.939 bits per heavy atom. The van der Waals surface area contributed by atoms with E-state index in [1.807, 2.05) is 0 Å². The van der Waals surface area contributed by atoms with Crippen molar-refractivity contribution in [1.82, 2.24) is 15.1 Å². The summed E-state index contributed by atoms with van der Waals surface area (Å²) in [6.07, 6.45) is 12.4. The molecule has 3 amide bonds. The first-order valence-electron chi connectivity index (χ1n) is 12.6. The molecule has 0 spiro atoms. The first-order chi connectivity index (χ1) is 16.0. The van der Waals surface area contributed by atoms with Gasteiger partial charge in [-0.1, -0.05) is 106 Å². The van der Waals surface area contributed by atoms with Gasteiger partial charge in [-0.25, -0.2) is 9.79 Å². The number of thioether (sulfide) groups is 1. The first-order valence-corrected chi connectivity index (χ1v) is 13.6. The number of hydrogen-bond acceptors (Lipinski definition) is 5. The van der Waals surface area contributed by atoms with Gasteiger partial charge in [0.1, 0.15) is 0 Å². The predicted molar refractivity (Wildman–Crippen MR) is 137 cm³/mol. The smallest absolute Gasteiger partial charge is 0.325 e. The lowest BCUT2D eigenvalue weighted by molar-refractivity contribution is -0.127. The van der Waals surface area contributed by atoms with Crippen LogP contribution in [0.2, 0.25) is 0 Å². The molecule has 1 saturated heterocycles. The van der Waals surface area contributed by atoms with Crippen LogP contribution in [0.15, 0.2) is 29.3 Å². The number of aryl methyl sites for hydroxylation is 1. The maximum Gasteiger partial charge on any atom is 0.325 e. The summed E-state index contributed by atoms with van der Waals surface area (Å²) in [7, 11) is 1.72. The number of unbranched alkanes of at least 4 members (excludes halogenated alkanes) is 9. The van der Waals surface area contributed by atoms with Crippen molar-refractivity contribution in [1.29, 1.82) is 0 Å². The summed E-state index contributed by atoms with van der Waals surface area (Å²) in [5, 5.41) is 3.37. The van der Waals surface area contributed by atoms with E-state index in [2.05, 4.69) is 48.3 Å². The monoisotopic (exact) mass is 472 g/mol. The third-order valence-corrected chi connectivity index (χ3v) is 7.64. The molecule has 0 aromatic heterocycles. The Morgan fingerprint density at radius 3 is 2.18 bits per heavy atom. The highest BCUT2D eigenvalue weighted by molar-refractivity contribution is 8.13. The highest BCUT2D eigenvalue weighted by atomic mass is 32.2. The summed E-state index contributed by atoms with van der Waals surface area (Å²) in [5.74, 6) is 0.566. The molecule has 0 bridgehead atoms. The number of imide groups is 1. The molecule has 2 unspecified atom stereocenters. The van der Waals surface area contributed by atoms with Gasteiger partial charge >= 0.3 is 6.03 Å². The molecule has 1 aromatic carbocycles. The predicted octanol–water partition coefficient (Wildman–Crippen LogP) is 5.70. The molecule has 0 radical (unpaired) electrons. The molecule has 33 heavy (non-hydrogen) atoms. The molecule has 1 N–H and O–H groups in total.